The highest BCUT2D eigenvalue weighted by Gasteiger charge is 2.28. The Hall–Kier alpha value is -2.36. The Bertz CT molecular complexity index is 680. The molecular formula is C22H31N2O+. The molecule has 3 heteroatoms. The summed E-state index contributed by atoms with van der Waals surface area (Å²) in [6.45, 7) is 6.23. The maximum atomic E-state index is 7.00. The maximum absolute atomic E-state index is 7.00. The fourth-order valence-corrected chi connectivity index (χ4v) is 2.99. The Balaban J connectivity index is 0.00000151. The molecule has 0 heterocycles. The van der Waals surface area contributed by atoms with E-state index in [2.05, 4.69) is 74.4 Å². The van der Waals surface area contributed by atoms with E-state index < -0.39 is 0 Å². The summed E-state index contributed by atoms with van der Waals surface area (Å²) < 4.78 is 0. The first-order valence-corrected chi connectivity index (χ1v) is 8.55. The monoisotopic (exact) mass is 339 g/mol. The normalized spacial score (nSPS) is 13.0. The molecule has 2 aromatic rings. The van der Waals surface area contributed by atoms with Crippen molar-refractivity contribution in [2.75, 3.05) is 19.9 Å². The lowest BCUT2D eigenvalue weighted by atomic mass is 9.75. The van der Waals surface area contributed by atoms with Crippen LogP contribution in [0.5, 0.6) is 0 Å². The second-order valence-corrected chi connectivity index (χ2v) is 6.21. The first kappa shape index (κ1) is 20.7. The maximum Gasteiger partial charge on any atom is 0.133 e. The van der Waals surface area contributed by atoms with Crippen molar-refractivity contribution >= 4 is 17.5 Å². The number of aliphatic hydroxyl groups excluding tert-OH is 1. The Morgan fingerprint density at radius 3 is 2.40 bits per heavy atom. The van der Waals surface area contributed by atoms with Crippen molar-refractivity contribution in [3.8, 4) is 0 Å². The minimum Gasteiger partial charge on any atom is -0.400 e. The minimum absolute atomic E-state index is 0.00967. The number of aliphatic hydroxyl groups is 1. The minimum atomic E-state index is -0.00967. The molecule has 0 saturated heterocycles. The summed E-state index contributed by atoms with van der Waals surface area (Å²) in [5, 5.41) is 9.15. The van der Waals surface area contributed by atoms with Crippen molar-refractivity contribution < 1.29 is 10.4 Å². The van der Waals surface area contributed by atoms with E-state index in [9.17, 15) is 0 Å². The molecule has 0 aromatic heterocycles. The molecular weight excluding hydrogens is 308 g/mol. The van der Waals surface area contributed by atoms with Gasteiger partial charge in [-0.2, -0.15) is 0 Å². The molecule has 0 aliphatic heterocycles. The summed E-state index contributed by atoms with van der Waals surface area (Å²) in [6.07, 6.45) is 8.29. The van der Waals surface area contributed by atoms with Crippen molar-refractivity contribution in [1.29, 1.82) is 0 Å². The number of benzene rings is 2. The Morgan fingerprint density at radius 2 is 1.80 bits per heavy atom. The van der Waals surface area contributed by atoms with Crippen LogP contribution in [0.25, 0.3) is 6.08 Å². The molecule has 0 amide bonds. The molecule has 134 valence electrons. The summed E-state index contributed by atoms with van der Waals surface area (Å²) in [4.78, 5) is 0. The van der Waals surface area contributed by atoms with Crippen LogP contribution in [0.15, 0.2) is 67.3 Å². The van der Waals surface area contributed by atoms with Crippen LogP contribution in [0.4, 0.5) is 11.4 Å². The van der Waals surface area contributed by atoms with Crippen molar-refractivity contribution in [3.63, 3.8) is 0 Å². The largest absolute Gasteiger partial charge is 0.400 e. The third kappa shape index (κ3) is 5.89. The zero-order chi connectivity index (χ0) is 18.7. The first-order chi connectivity index (χ1) is 12.1. The van der Waals surface area contributed by atoms with E-state index in [-0.39, 0.29) is 5.41 Å². The molecule has 0 saturated carbocycles. The summed E-state index contributed by atoms with van der Waals surface area (Å²) in [5.41, 5.74) is 10.6. The number of anilines is 1. The summed E-state index contributed by atoms with van der Waals surface area (Å²) in [5.74, 6) is 0. The summed E-state index contributed by atoms with van der Waals surface area (Å²) in [6, 6.07) is 16.6. The van der Waals surface area contributed by atoms with Crippen molar-refractivity contribution in [2.45, 2.75) is 25.2 Å². The zero-order valence-corrected chi connectivity index (χ0v) is 15.6. The molecule has 0 fully saturated rings. The van der Waals surface area contributed by atoms with Crippen LogP contribution in [0, 0.1) is 0 Å². The molecule has 25 heavy (non-hydrogen) atoms. The highest BCUT2D eigenvalue weighted by Crippen LogP contribution is 2.36. The average molecular weight is 340 g/mol. The van der Waals surface area contributed by atoms with E-state index in [0.29, 0.717) is 0 Å². The van der Waals surface area contributed by atoms with Gasteiger partial charge in [0, 0.05) is 29.8 Å². The fourth-order valence-electron chi connectivity index (χ4n) is 2.99. The highest BCUT2D eigenvalue weighted by atomic mass is 16.2. The number of nitrogens with two attached hydrogens (primary N) is 2. The number of nitrogen functional groups attached to an aromatic ring is 1. The molecule has 2 aromatic carbocycles. The Labute approximate surface area is 151 Å². The second-order valence-electron chi connectivity index (χ2n) is 6.21. The van der Waals surface area contributed by atoms with E-state index >= 15 is 0 Å². The molecule has 3 nitrogen and oxygen atoms in total. The number of rotatable bonds is 7. The van der Waals surface area contributed by atoms with Crippen molar-refractivity contribution in [3.05, 3.63) is 78.4 Å². The number of hydrogen-bond acceptors (Lipinski definition) is 2. The van der Waals surface area contributed by atoms with Gasteiger partial charge in [0.25, 0.3) is 0 Å². The van der Waals surface area contributed by atoms with Gasteiger partial charge in [0.15, 0.2) is 0 Å². The van der Waals surface area contributed by atoms with Gasteiger partial charge in [0.2, 0.25) is 0 Å². The molecule has 0 bridgehead atoms. The van der Waals surface area contributed by atoms with E-state index in [1.807, 2.05) is 18.2 Å². The molecule has 0 aliphatic carbocycles. The Morgan fingerprint density at radius 1 is 1.12 bits per heavy atom. The van der Waals surface area contributed by atoms with Crippen molar-refractivity contribution in [2.24, 2.45) is 0 Å². The van der Waals surface area contributed by atoms with E-state index in [1.165, 1.54) is 16.8 Å². The lowest BCUT2D eigenvalue weighted by Crippen LogP contribution is -2.73. The van der Waals surface area contributed by atoms with Gasteiger partial charge in [-0.15, -0.1) is 6.58 Å². The zero-order valence-electron chi connectivity index (χ0n) is 15.6. The van der Waals surface area contributed by atoms with Gasteiger partial charge >= 0.3 is 0 Å². The van der Waals surface area contributed by atoms with E-state index in [4.69, 9.17) is 10.8 Å². The second kappa shape index (κ2) is 10.5. The van der Waals surface area contributed by atoms with Crippen LogP contribution in [-0.4, -0.2) is 19.3 Å². The standard InChI is InChI=1S/C21H26N2.CH4O/c1-4-14-21(2,15-8-11-17-9-6-5-7-10-17)19-16-18(22)12-13-20(19)23-3;1-2/h4-13,16,23H,1,14-15,22H2,2-3H3;2H,1H3/p+1/b11-8+;. The van der Waals surface area contributed by atoms with Gasteiger partial charge in [-0.05, 0) is 30.5 Å². The van der Waals surface area contributed by atoms with Crippen LogP contribution in [0.1, 0.15) is 30.9 Å². The van der Waals surface area contributed by atoms with Gasteiger partial charge in [0.05, 0.1) is 7.05 Å². The smallest absolute Gasteiger partial charge is 0.133 e. The number of quaternary nitrogens is 1. The molecule has 1 unspecified atom stereocenters. The van der Waals surface area contributed by atoms with E-state index in [1.54, 1.807) is 0 Å². The number of hydrogen-bond donors (Lipinski definition) is 3. The van der Waals surface area contributed by atoms with Gasteiger partial charge in [-0.1, -0.05) is 55.5 Å². The lowest BCUT2D eigenvalue weighted by Gasteiger charge is -2.29. The fraction of sp³-hybridized carbons (Fsp3) is 0.273. The third-order valence-corrected chi connectivity index (χ3v) is 4.31. The van der Waals surface area contributed by atoms with Gasteiger partial charge in [-0.3, -0.25) is 0 Å². The SMILES string of the molecule is C=CCC(C)(C/C=C/c1ccccc1)c1cc(N)ccc1[NH2+]C.CO. The van der Waals surface area contributed by atoms with Crippen LogP contribution in [0.3, 0.4) is 0 Å². The van der Waals surface area contributed by atoms with E-state index in [0.717, 1.165) is 25.6 Å². The summed E-state index contributed by atoms with van der Waals surface area (Å²) in [7, 11) is 3.07. The van der Waals surface area contributed by atoms with Gasteiger partial charge in [0.1, 0.15) is 5.69 Å². The molecule has 0 radical (unpaired) electrons. The molecule has 0 spiro atoms. The predicted molar refractivity (Wildman–Crippen MR) is 109 cm³/mol. The molecule has 2 rings (SSSR count). The topological polar surface area (TPSA) is 62.9 Å². The highest BCUT2D eigenvalue weighted by molar-refractivity contribution is 5.55. The molecule has 5 N–H and O–H groups in total. The lowest BCUT2D eigenvalue weighted by molar-refractivity contribution is -0.540. The summed E-state index contributed by atoms with van der Waals surface area (Å²) >= 11 is 0. The first-order valence-electron chi connectivity index (χ1n) is 8.55. The van der Waals surface area contributed by atoms with Crippen LogP contribution >= 0.6 is 0 Å². The van der Waals surface area contributed by atoms with Crippen LogP contribution < -0.4 is 11.1 Å². The molecule has 1 atom stereocenters. The average Bonchev–Trinajstić information content (AvgIpc) is 2.64. The third-order valence-electron chi connectivity index (χ3n) is 4.31. The van der Waals surface area contributed by atoms with Gasteiger partial charge in [-0.25, -0.2) is 0 Å². The van der Waals surface area contributed by atoms with Crippen LogP contribution in [-0.2, 0) is 5.41 Å². The van der Waals surface area contributed by atoms with Crippen molar-refractivity contribution in [1.82, 2.24) is 0 Å². The molecule has 0 aliphatic rings. The predicted octanol–water partition coefficient (Wildman–Crippen LogP) is 3.64. The van der Waals surface area contributed by atoms with Crippen LogP contribution in [0.2, 0.25) is 0 Å². The quantitative estimate of drug-likeness (QED) is 0.533. The number of allylic oxidation sites excluding steroid dienone is 2. The van der Waals surface area contributed by atoms with Gasteiger partial charge < -0.3 is 16.2 Å². The Kier molecular flexibility index (Phi) is 8.68.